The summed E-state index contributed by atoms with van der Waals surface area (Å²) in [6, 6.07) is 12.9. The number of carboxylic acids is 1. The summed E-state index contributed by atoms with van der Waals surface area (Å²) in [4.78, 5) is 41.7. The lowest BCUT2D eigenvalue weighted by molar-refractivity contribution is -0.247. The van der Waals surface area contributed by atoms with Crippen molar-refractivity contribution >= 4 is 54.6 Å². The van der Waals surface area contributed by atoms with Crippen LogP contribution in [0.15, 0.2) is 54.9 Å². The third kappa shape index (κ3) is 7.93. The molecule has 316 valence electrons. The molecular formula is C43H50N8O7S2. The third-order valence-corrected chi connectivity index (χ3v) is 14.6. The number of rotatable bonds is 13. The molecular weight excluding hydrogens is 805 g/mol. The highest BCUT2D eigenvalue weighted by Gasteiger charge is 2.66. The van der Waals surface area contributed by atoms with Crippen LogP contribution in [0.4, 0.5) is 15.6 Å². The van der Waals surface area contributed by atoms with Crippen LogP contribution >= 0.6 is 11.3 Å². The molecule has 5 aliphatic rings. The highest BCUT2D eigenvalue weighted by atomic mass is 32.2. The summed E-state index contributed by atoms with van der Waals surface area (Å²) < 4.78 is 41.0. The molecule has 5 aromatic rings. The molecule has 4 saturated carbocycles. The number of fused-ring (bicyclic) bond motifs is 2. The Balaban J connectivity index is 0.942. The SMILES string of the molecule is Cc1c(-c2ccc(-c3ccc4c(c3)N(C(=O)Nc3nc5ncccc5s3)CCC4)nc2C(=O)O)cnn1CC12CC3(C)CC(C)(C1)CC(OCCNCCS(=O)(=O)O)(C3)C2. The largest absolute Gasteiger partial charge is 0.476 e. The summed E-state index contributed by atoms with van der Waals surface area (Å²) in [7, 11) is -4.02. The Labute approximate surface area is 352 Å². The predicted molar refractivity (Wildman–Crippen MR) is 229 cm³/mol. The van der Waals surface area contributed by atoms with Gasteiger partial charge < -0.3 is 15.2 Å². The van der Waals surface area contributed by atoms with Gasteiger partial charge in [0.05, 0.1) is 34.6 Å². The number of anilines is 2. The molecule has 0 spiro atoms. The predicted octanol–water partition coefficient (Wildman–Crippen LogP) is 7.22. The molecule has 15 nitrogen and oxygen atoms in total. The van der Waals surface area contributed by atoms with Crippen molar-refractivity contribution in [3.63, 3.8) is 0 Å². The number of benzene rings is 1. The molecule has 4 N–H and O–H groups in total. The van der Waals surface area contributed by atoms with Crippen LogP contribution in [0.1, 0.15) is 80.5 Å². The number of nitrogens with one attached hydrogen (secondary N) is 2. The average Bonchev–Trinajstić information content (AvgIpc) is 3.75. The molecule has 4 aliphatic carbocycles. The average molecular weight is 855 g/mol. The van der Waals surface area contributed by atoms with Gasteiger partial charge in [0.1, 0.15) is 0 Å². The van der Waals surface area contributed by atoms with Gasteiger partial charge in [-0.15, -0.1) is 0 Å². The number of aryl methyl sites for hydroxylation is 1. The Morgan fingerprint density at radius 3 is 2.53 bits per heavy atom. The molecule has 1 aliphatic heterocycles. The third-order valence-electron chi connectivity index (χ3n) is 13.0. The smallest absolute Gasteiger partial charge is 0.355 e. The second-order valence-corrected chi connectivity index (χ2v) is 20.9. The van der Waals surface area contributed by atoms with Crippen molar-refractivity contribution in [2.24, 2.45) is 16.2 Å². The Kier molecular flexibility index (Phi) is 10.1. The number of ether oxygens (including phenoxy) is 1. The molecule has 2 unspecified atom stereocenters. The Morgan fingerprint density at radius 1 is 0.983 bits per heavy atom. The van der Waals surface area contributed by atoms with Gasteiger partial charge in [0, 0.05) is 60.4 Å². The Hall–Kier alpha value is -4.81. The monoisotopic (exact) mass is 854 g/mol. The highest BCUT2D eigenvalue weighted by molar-refractivity contribution is 7.85. The quantitative estimate of drug-likeness (QED) is 0.0685. The first-order valence-electron chi connectivity index (χ1n) is 20.5. The number of nitrogens with zero attached hydrogens (tertiary/aromatic N) is 6. The van der Waals surface area contributed by atoms with Gasteiger partial charge in [-0.3, -0.25) is 19.5 Å². The molecule has 4 aromatic heterocycles. The summed E-state index contributed by atoms with van der Waals surface area (Å²) in [5.74, 6) is -1.48. The van der Waals surface area contributed by atoms with E-state index in [4.69, 9.17) is 19.4 Å². The zero-order valence-corrected chi connectivity index (χ0v) is 35.7. The topological polar surface area (TPSA) is 202 Å². The van der Waals surface area contributed by atoms with E-state index in [1.54, 1.807) is 17.3 Å². The summed E-state index contributed by atoms with van der Waals surface area (Å²) in [5.41, 5.74) is 5.40. The fourth-order valence-corrected chi connectivity index (χ4v) is 13.1. The van der Waals surface area contributed by atoms with E-state index in [-0.39, 0.29) is 45.9 Å². The maximum absolute atomic E-state index is 13.6. The minimum Gasteiger partial charge on any atom is -0.476 e. The van der Waals surface area contributed by atoms with Gasteiger partial charge in [0.2, 0.25) is 0 Å². The van der Waals surface area contributed by atoms with Crippen molar-refractivity contribution in [2.75, 3.05) is 42.2 Å². The maximum Gasteiger partial charge on any atom is 0.355 e. The van der Waals surface area contributed by atoms with E-state index in [1.807, 2.05) is 54.1 Å². The summed E-state index contributed by atoms with van der Waals surface area (Å²) in [6.07, 6.45) is 11.1. The first kappa shape index (κ1) is 40.6. The summed E-state index contributed by atoms with van der Waals surface area (Å²) in [6.45, 7) is 9.06. The molecule has 2 atom stereocenters. The lowest BCUT2D eigenvalue weighted by Crippen LogP contribution is -2.64. The summed E-state index contributed by atoms with van der Waals surface area (Å²) >= 11 is 1.37. The minimum absolute atomic E-state index is 0.0642. The Bertz CT molecular complexity index is 2570. The van der Waals surface area contributed by atoms with Crippen molar-refractivity contribution in [3.05, 3.63) is 71.8 Å². The maximum atomic E-state index is 13.6. The van der Waals surface area contributed by atoms with Crippen LogP contribution < -0.4 is 15.5 Å². The van der Waals surface area contributed by atoms with Crippen molar-refractivity contribution in [2.45, 2.75) is 84.3 Å². The van der Waals surface area contributed by atoms with Crippen LogP contribution in [0.5, 0.6) is 0 Å². The number of thiazole rings is 1. The van der Waals surface area contributed by atoms with Crippen molar-refractivity contribution in [1.82, 2.24) is 30.0 Å². The van der Waals surface area contributed by atoms with Gasteiger partial charge in [-0.2, -0.15) is 18.5 Å². The van der Waals surface area contributed by atoms with Crippen molar-refractivity contribution in [3.8, 4) is 22.4 Å². The molecule has 2 amide bonds. The number of carbonyl (C=O) groups excluding carboxylic acids is 1. The van der Waals surface area contributed by atoms with Gasteiger partial charge >= 0.3 is 12.0 Å². The van der Waals surface area contributed by atoms with Crippen LogP contribution in [0, 0.1) is 23.2 Å². The number of carbonyl (C=O) groups is 2. The molecule has 60 heavy (non-hydrogen) atoms. The first-order chi connectivity index (χ1) is 28.5. The van der Waals surface area contributed by atoms with Gasteiger partial charge in [0.15, 0.2) is 16.5 Å². The normalized spacial score (nSPS) is 25.8. The number of aromatic nitrogens is 5. The number of hydrogen-bond donors (Lipinski definition) is 4. The zero-order valence-electron chi connectivity index (χ0n) is 34.0. The molecule has 10 rings (SSSR count). The number of pyridine rings is 2. The van der Waals surface area contributed by atoms with Crippen molar-refractivity contribution < 1.29 is 32.4 Å². The van der Waals surface area contributed by atoms with E-state index in [0.29, 0.717) is 59.4 Å². The van der Waals surface area contributed by atoms with Crippen LogP contribution in [0.25, 0.3) is 32.7 Å². The van der Waals surface area contributed by atoms with E-state index < -0.39 is 16.1 Å². The van der Waals surface area contributed by atoms with Gasteiger partial charge in [-0.05, 0) is 110 Å². The lowest BCUT2D eigenvalue weighted by atomic mass is 9.39. The van der Waals surface area contributed by atoms with E-state index in [2.05, 4.69) is 34.4 Å². The molecule has 4 bridgehead atoms. The molecule has 1 aromatic carbocycles. The highest BCUT2D eigenvalue weighted by Crippen LogP contribution is 2.72. The standard InChI is InChI=1S/C43H50N8O7S2/c1-27-31(19-46-51(27)26-42-21-40(2)20-41(3,22-42)24-43(23-40,25-42)58-16-13-44-14-17-60(55,56)57)30-10-11-32(47-35(30)37(52)53)29-9-8-28-6-5-15-50(33(28)18-29)39(54)49-38-48-36-34(59-38)7-4-12-45-36/h4,7-12,18-19,44H,5-6,13-17,20-26H2,1-3H3,(H,52,53)(H,55,56,57)(H,45,48,49,54). The number of carboxylic acid groups (broad SMARTS) is 1. The van der Waals surface area contributed by atoms with E-state index in [9.17, 15) is 23.1 Å². The van der Waals surface area contributed by atoms with Gasteiger partial charge in [-0.25, -0.2) is 19.6 Å². The fraction of sp³-hybridized carbons (Fsp3) is 0.488. The Morgan fingerprint density at radius 2 is 1.78 bits per heavy atom. The molecule has 0 saturated heterocycles. The van der Waals surface area contributed by atoms with Crippen LogP contribution in [0.2, 0.25) is 0 Å². The summed E-state index contributed by atoms with van der Waals surface area (Å²) in [5, 5.41) is 21.9. The lowest BCUT2D eigenvalue weighted by Gasteiger charge is -2.69. The van der Waals surface area contributed by atoms with Crippen LogP contribution in [0.3, 0.4) is 0 Å². The molecule has 5 heterocycles. The number of aromatic carboxylic acids is 1. The van der Waals surface area contributed by atoms with Gasteiger partial charge in [0.25, 0.3) is 10.1 Å². The van der Waals surface area contributed by atoms with E-state index in [1.165, 1.54) is 11.3 Å². The van der Waals surface area contributed by atoms with E-state index in [0.717, 1.165) is 73.0 Å². The molecule has 4 fully saturated rings. The number of hydrogen-bond acceptors (Lipinski definition) is 11. The minimum atomic E-state index is -4.02. The number of urea groups is 1. The fourth-order valence-electron chi connectivity index (χ4n) is 11.9. The number of amides is 2. The molecule has 17 heteroatoms. The second-order valence-electron chi connectivity index (χ2n) is 18.3. The first-order valence-corrected chi connectivity index (χ1v) is 23.0. The van der Waals surface area contributed by atoms with Crippen LogP contribution in [-0.2, 0) is 27.8 Å². The zero-order chi connectivity index (χ0) is 42.1. The second kappa shape index (κ2) is 15.0. The van der Waals surface area contributed by atoms with Crippen LogP contribution in [-0.4, -0.2) is 92.4 Å². The van der Waals surface area contributed by atoms with Gasteiger partial charge in [-0.1, -0.05) is 37.3 Å². The molecule has 0 radical (unpaired) electrons. The van der Waals surface area contributed by atoms with E-state index >= 15 is 0 Å². The van der Waals surface area contributed by atoms with Crippen molar-refractivity contribution in [1.29, 1.82) is 0 Å².